The molecule has 4 bridgehead atoms. The molecule has 37 heavy (non-hydrogen) atoms. The standard InChI is InChI=1S/C28H27N5O3S/c34-26(22-6-2-1-3-7-22)15-12-20-10-13-21(14-11-20)25-19-30-28-32-23-8-4-9-24(18-23)37(35,36)31-17-5-16-29-27(25)33-28/h1-4,6-11,13-14,18-19,31H,5,12,15-17H2,(H2,29,30,32,33). The highest BCUT2D eigenvalue weighted by molar-refractivity contribution is 7.89. The van der Waals surface area contributed by atoms with Crippen LogP contribution in [0.2, 0.25) is 0 Å². The Balaban J connectivity index is 1.35. The Morgan fingerprint density at radius 2 is 1.73 bits per heavy atom. The van der Waals surface area contributed by atoms with Crippen LogP contribution < -0.4 is 15.4 Å². The van der Waals surface area contributed by atoms with Gasteiger partial charge in [-0.1, -0.05) is 60.7 Å². The highest BCUT2D eigenvalue weighted by Gasteiger charge is 2.16. The summed E-state index contributed by atoms with van der Waals surface area (Å²) in [4.78, 5) is 21.8. The van der Waals surface area contributed by atoms with Gasteiger partial charge in [-0.3, -0.25) is 4.79 Å². The van der Waals surface area contributed by atoms with E-state index in [1.807, 2.05) is 54.6 Å². The second kappa shape index (κ2) is 10.9. The average Bonchev–Trinajstić information content (AvgIpc) is 2.93. The Bertz CT molecular complexity index is 1510. The van der Waals surface area contributed by atoms with Gasteiger partial charge in [0, 0.05) is 42.5 Å². The smallest absolute Gasteiger partial charge is 0.240 e. The van der Waals surface area contributed by atoms with E-state index < -0.39 is 10.0 Å². The number of aromatic nitrogens is 2. The molecule has 8 nitrogen and oxygen atoms in total. The van der Waals surface area contributed by atoms with E-state index in [9.17, 15) is 13.2 Å². The third kappa shape index (κ3) is 6.02. The fraction of sp³-hybridized carbons (Fsp3) is 0.179. The minimum atomic E-state index is -3.60. The molecule has 4 aromatic rings. The van der Waals surface area contributed by atoms with Gasteiger partial charge in [0.1, 0.15) is 5.82 Å². The molecule has 1 aliphatic heterocycles. The lowest BCUT2D eigenvalue weighted by molar-refractivity contribution is 0.0983. The van der Waals surface area contributed by atoms with Crippen molar-refractivity contribution in [3.63, 3.8) is 0 Å². The van der Waals surface area contributed by atoms with Crippen LogP contribution in [0.5, 0.6) is 0 Å². The number of aryl methyl sites for hydroxylation is 1. The molecule has 188 valence electrons. The highest BCUT2D eigenvalue weighted by Crippen LogP contribution is 2.29. The van der Waals surface area contributed by atoms with Crippen molar-refractivity contribution in [3.05, 3.63) is 96.2 Å². The minimum Gasteiger partial charge on any atom is -0.369 e. The first-order valence-electron chi connectivity index (χ1n) is 12.1. The molecule has 0 fully saturated rings. The molecule has 3 aromatic carbocycles. The lowest BCUT2D eigenvalue weighted by Crippen LogP contribution is -2.26. The second-order valence-corrected chi connectivity index (χ2v) is 10.5. The summed E-state index contributed by atoms with van der Waals surface area (Å²) >= 11 is 0. The maximum atomic E-state index is 12.6. The monoisotopic (exact) mass is 513 g/mol. The topological polar surface area (TPSA) is 113 Å². The summed E-state index contributed by atoms with van der Waals surface area (Å²) in [6.45, 7) is 0.833. The predicted octanol–water partition coefficient (Wildman–Crippen LogP) is 4.80. The molecule has 2 heterocycles. The van der Waals surface area contributed by atoms with Crippen molar-refractivity contribution in [2.24, 2.45) is 0 Å². The minimum absolute atomic E-state index is 0.129. The van der Waals surface area contributed by atoms with Crippen molar-refractivity contribution in [2.45, 2.75) is 24.2 Å². The molecule has 0 saturated carbocycles. The zero-order valence-electron chi connectivity index (χ0n) is 20.1. The third-order valence-corrected chi connectivity index (χ3v) is 7.59. The number of benzene rings is 3. The van der Waals surface area contributed by atoms with Gasteiger partial charge in [-0.05, 0) is 42.2 Å². The summed E-state index contributed by atoms with van der Waals surface area (Å²) < 4.78 is 27.8. The molecule has 0 aliphatic carbocycles. The lowest BCUT2D eigenvalue weighted by atomic mass is 10.0. The summed E-state index contributed by atoms with van der Waals surface area (Å²) in [5.74, 6) is 1.15. The number of carbonyl (C=O) groups excluding carboxylic acids is 1. The quantitative estimate of drug-likeness (QED) is 0.329. The van der Waals surface area contributed by atoms with E-state index >= 15 is 0 Å². The van der Waals surface area contributed by atoms with Crippen molar-refractivity contribution < 1.29 is 13.2 Å². The van der Waals surface area contributed by atoms with Crippen molar-refractivity contribution in [1.29, 1.82) is 0 Å². The summed E-state index contributed by atoms with van der Waals surface area (Å²) in [6.07, 6.45) is 3.45. The number of fused-ring (bicyclic) bond motifs is 4. The van der Waals surface area contributed by atoms with Gasteiger partial charge >= 0.3 is 0 Å². The Labute approximate surface area is 216 Å². The van der Waals surface area contributed by atoms with E-state index in [4.69, 9.17) is 0 Å². The molecule has 1 aliphatic rings. The number of nitrogens with zero attached hydrogens (tertiary/aromatic N) is 2. The lowest BCUT2D eigenvalue weighted by Gasteiger charge is -2.13. The van der Waals surface area contributed by atoms with Gasteiger partial charge in [-0.25, -0.2) is 18.1 Å². The van der Waals surface area contributed by atoms with Crippen LogP contribution in [-0.2, 0) is 16.4 Å². The largest absolute Gasteiger partial charge is 0.369 e. The Morgan fingerprint density at radius 1 is 0.919 bits per heavy atom. The fourth-order valence-corrected chi connectivity index (χ4v) is 5.24. The molecule has 0 atom stereocenters. The average molecular weight is 514 g/mol. The predicted molar refractivity (Wildman–Crippen MR) is 145 cm³/mol. The van der Waals surface area contributed by atoms with Gasteiger partial charge in [-0.15, -0.1) is 0 Å². The number of sulfonamides is 1. The fourth-order valence-electron chi connectivity index (χ4n) is 4.12. The van der Waals surface area contributed by atoms with E-state index in [0.717, 1.165) is 22.3 Å². The van der Waals surface area contributed by atoms with E-state index in [2.05, 4.69) is 25.3 Å². The van der Waals surface area contributed by atoms with Crippen molar-refractivity contribution in [1.82, 2.24) is 14.7 Å². The highest BCUT2D eigenvalue weighted by atomic mass is 32.2. The van der Waals surface area contributed by atoms with Gasteiger partial charge in [0.15, 0.2) is 5.78 Å². The van der Waals surface area contributed by atoms with E-state index in [1.54, 1.807) is 30.5 Å². The van der Waals surface area contributed by atoms with E-state index in [0.29, 0.717) is 49.8 Å². The molecule has 3 N–H and O–H groups in total. The van der Waals surface area contributed by atoms with Crippen LogP contribution in [0.3, 0.4) is 0 Å². The Kier molecular flexibility index (Phi) is 7.25. The molecular weight excluding hydrogens is 486 g/mol. The summed E-state index contributed by atoms with van der Waals surface area (Å²) in [5, 5.41) is 6.43. The zero-order valence-corrected chi connectivity index (χ0v) is 21.0. The van der Waals surface area contributed by atoms with Gasteiger partial charge in [0.25, 0.3) is 0 Å². The first kappa shape index (κ1) is 24.6. The molecular formula is C28H27N5O3S. The number of carbonyl (C=O) groups is 1. The molecule has 0 amide bonds. The van der Waals surface area contributed by atoms with Crippen LogP contribution in [0.1, 0.15) is 28.8 Å². The molecule has 0 radical (unpaired) electrons. The number of rotatable bonds is 5. The number of anilines is 3. The van der Waals surface area contributed by atoms with Crippen LogP contribution in [-0.4, -0.2) is 37.3 Å². The number of nitrogens with one attached hydrogen (secondary N) is 3. The Morgan fingerprint density at radius 3 is 2.54 bits per heavy atom. The van der Waals surface area contributed by atoms with Gasteiger partial charge in [0.05, 0.1) is 4.90 Å². The van der Waals surface area contributed by atoms with Gasteiger partial charge in [0.2, 0.25) is 16.0 Å². The summed E-state index contributed by atoms with van der Waals surface area (Å²) in [5.41, 5.74) is 4.17. The molecule has 0 spiro atoms. The van der Waals surface area contributed by atoms with Crippen LogP contribution >= 0.6 is 0 Å². The van der Waals surface area contributed by atoms with Crippen molar-refractivity contribution in [3.8, 4) is 11.1 Å². The SMILES string of the molecule is O=C(CCc1ccc(-c2cnc3nc2NCCCNS(=O)(=O)c2cccc(c2)N3)cc1)c1ccccc1. The van der Waals surface area contributed by atoms with Crippen LogP contribution in [0.15, 0.2) is 90.0 Å². The zero-order chi connectivity index (χ0) is 25.7. The third-order valence-electron chi connectivity index (χ3n) is 6.13. The molecule has 1 aromatic heterocycles. The summed E-state index contributed by atoms with van der Waals surface area (Å²) in [7, 11) is -3.60. The molecule has 5 rings (SSSR count). The van der Waals surface area contributed by atoms with Crippen LogP contribution in [0.4, 0.5) is 17.5 Å². The van der Waals surface area contributed by atoms with Crippen LogP contribution in [0.25, 0.3) is 11.1 Å². The molecule has 0 saturated heterocycles. The van der Waals surface area contributed by atoms with Crippen LogP contribution in [0, 0.1) is 0 Å². The second-order valence-electron chi connectivity index (χ2n) is 8.77. The van der Waals surface area contributed by atoms with Gasteiger partial charge in [-0.2, -0.15) is 4.98 Å². The first-order chi connectivity index (χ1) is 18.0. The number of hydrogen-bond acceptors (Lipinski definition) is 7. The number of ketones is 1. The van der Waals surface area contributed by atoms with Gasteiger partial charge < -0.3 is 10.6 Å². The maximum Gasteiger partial charge on any atom is 0.240 e. The van der Waals surface area contributed by atoms with E-state index in [1.165, 1.54) is 0 Å². The summed E-state index contributed by atoms with van der Waals surface area (Å²) in [6, 6.07) is 24.0. The normalized spacial score (nSPS) is 14.7. The van der Waals surface area contributed by atoms with E-state index in [-0.39, 0.29) is 10.7 Å². The molecule has 9 heteroatoms. The van der Waals surface area contributed by atoms with Crippen molar-refractivity contribution in [2.75, 3.05) is 23.7 Å². The Hall–Kier alpha value is -4.08. The maximum absolute atomic E-state index is 12.6. The van der Waals surface area contributed by atoms with Crippen molar-refractivity contribution >= 4 is 33.3 Å². The first-order valence-corrected chi connectivity index (χ1v) is 13.6. The molecule has 0 unspecified atom stereocenters. The number of hydrogen-bond donors (Lipinski definition) is 3. The number of Topliss-reactive ketones (excluding diaryl/α,β-unsaturated/α-hetero) is 1.